The van der Waals surface area contributed by atoms with Gasteiger partial charge in [0.1, 0.15) is 11.5 Å². The van der Waals surface area contributed by atoms with Crippen molar-refractivity contribution in [3.05, 3.63) is 42.4 Å². The van der Waals surface area contributed by atoms with Crippen LogP contribution in [0.25, 0.3) is 0 Å². The van der Waals surface area contributed by atoms with Gasteiger partial charge in [-0.05, 0) is 75.9 Å². The largest absolute Gasteiger partial charge is 0.490 e. The molecule has 1 saturated carbocycles. The number of amides is 1. The summed E-state index contributed by atoms with van der Waals surface area (Å²) in [7, 11) is 0. The molecule has 1 aromatic carbocycles. The number of rotatable bonds is 6. The fraction of sp³-hybridized carbons (Fsp3) is 0.542. The molecule has 7 heteroatoms. The van der Waals surface area contributed by atoms with Crippen molar-refractivity contribution in [2.45, 2.75) is 57.2 Å². The first-order chi connectivity index (χ1) is 15.2. The standard InChI is InChI=1S/C24H30N2O5/c27-24(17-9-11-26(12-10-17)15-21-2-1-13-28-21)25-18-3-5-19(6-4-18)31-20-7-8-22-23(14-20)30-16-29-22/h1-2,7-8,13-14,17-19H,3-6,9-12,15-16H2,(H,25,27). The maximum atomic E-state index is 12.8. The predicted molar refractivity (Wildman–Crippen MR) is 114 cm³/mol. The van der Waals surface area contributed by atoms with Crippen LogP contribution in [0.2, 0.25) is 0 Å². The van der Waals surface area contributed by atoms with E-state index >= 15 is 0 Å². The van der Waals surface area contributed by atoms with Gasteiger partial charge in [0.2, 0.25) is 12.7 Å². The van der Waals surface area contributed by atoms with Crippen LogP contribution in [0.15, 0.2) is 41.0 Å². The van der Waals surface area contributed by atoms with Gasteiger partial charge >= 0.3 is 0 Å². The summed E-state index contributed by atoms with van der Waals surface area (Å²) < 4.78 is 22.3. The number of benzene rings is 1. The number of hydrogen-bond acceptors (Lipinski definition) is 6. The molecule has 3 heterocycles. The monoisotopic (exact) mass is 426 g/mol. The van der Waals surface area contributed by atoms with E-state index in [0.29, 0.717) is 0 Å². The quantitative estimate of drug-likeness (QED) is 0.759. The van der Waals surface area contributed by atoms with Crippen LogP contribution in [0.4, 0.5) is 0 Å². The second-order valence-electron chi connectivity index (χ2n) is 8.74. The normalized spacial score (nSPS) is 24.1. The van der Waals surface area contributed by atoms with Gasteiger partial charge in [-0.15, -0.1) is 0 Å². The third kappa shape index (κ3) is 4.98. The summed E-state index contributed by atoms with van der Waals surface area (Å²) in [4.78, 5) is 15.1. The molecule has 3 aliphatic rings. The van der Waals surface area contributed by atoms with Gasteiger partial charge in [-0.2, -0.15) is 0 Å². The van der Waals surface area contributed by atoms with E-state index in [1.54, 1.807) is 6.26 Å². The van der Waals surface area contributed by atoms with Gasteiger partial charge in [0.15, 0.2) is 11.5 Å². The Morgan fingerprint density at radius 1 is 1.03 bits per heavy atom. The van der Waals surface area contributed by atoms with Gasteiger partial charge in [-0.25, -0.2) is 0 Å². The second-order valence-corrected chi connectivity index (χ2v) is 8.74. The molecule has 5 rings (SSSR count). The van der Waals surface area contributed by atoms with Crippen molar-refractivity contribution in [2.24, 2.45) is 5.92 Å². The first-order valence-electron chi connectivity index (χ1n) is 11.3. The summed E-state index contributed by atoms with van der Waals surface area (Å²) in [5.41, 5.74) is 0. The van der Waals surface area contributed by atoms with Crippen molar-refractivity contribution in [1.29, 1.82) is 0 Å². The molecule has 1 N–H and O–H groups in total. The van der Waals surface area contributed by atoms with Crippen molar-refractivity contribution in [1.82, 2.24) is 10.2 Å². The average Bonchev–Trinajstić information content (AvgIpc) is 3.47. The third-order valence-electron chi connectivity index (χ3n) is 6.59. The lowest BCUT2D eigenvalue weighted by Crippen LogP contribution is -2.45. The van der Waals surface area contributed by atoms with E-state index in [-0.39, 0.29) is 30.8 Å². The first-order valence-corrected chi connectivity index (χ1v) is 11.3. The summed E-state index contributed by atoms with van der Waals surface area (Å²) in [6.07, 6.45) is 7.52. The van der Waals surface area contributed by atoms with E-state index in [4.69, 9.17) is 18.6 Å². The number of carbonyl (C=O) groups excluding carboxylic acids is 1. The Morgan fingerprint density at radius 3 is 2.61 bits per heavy atom. The van der Waals surface area contributed by atoms with E-state index in [0.717, 1.165) is 81.2 Å². The zero-order valence-electron chi connectivity index (χ0n) is 17.8. The smallest absolute Gasteiger partial charge is 0.231 e. The number of likely N-dealkylation sites (tertiary alicyclic amines) is 1. The molecule has 1 amide bonds. The highest BCUT2D eigenvalue weighted by Gasteiger charge is 2.29. The molecule has 0 spiro atoms. The fourth-order valence-corrected chi connectivity index (χ4v) is 4.76. The van der Waals surface area contributed by atoms with Crippen LogP contribution in [0.1, 0.15) is 44.3 Å². The second kappa shape index (κ2) is 9.22. The van der Waals surface area contributed by atoms with Gasteiger partial charge < -0.3 is 23.9 Å². The molecule has 1 aromatic heterocycles. The Morgan fingerprint density at radius 2 is 1.84 bits per heavy atom. The summed E-state index contributed by atoms with van der Waals surface area (Å²) in [6, 6.07) is 9.90. The molecule has 0 atom stereocenters. The zero-order chi connectivity index (χ0) is 21.0. The molecule has 31 heavy (non-hydrogen) atoms. The van der Waals surface area contributed by atoms with Gasteiger partial charge in [-0.1, -0.05) is 0 Å². The summed E-state index contributed by atoms with van der Waals surface area (Å²) in [6.45, 7) is 2.98. The average molecular weight is 427 g/mol. The van der Waals surface area contributed by atoms with Gasteiger partial charge in [0, 0.05) is 18.0 Å². The van der Waals surface area contributed by atoms with E-state index in [1.807, 2.05) is 30.3 Å². The van der Waals surface area contributed by atoms with Crippen LogP contribution in [-0.4, -0.2) is 42.8 Å². The zero-order valence-corrected chi connectivity index (χ0v) is 17.8. The predicted octanol–water partition coefficient (Wildman–Crippen LogP) is 3.73. The number of piperidine rings is 1. The van der Waals surface area contributed by atoms with Crippen molar-refractivity contribution in [3.8, 4) is 17.2 Å². The number of nitrogens with zero attached hydrogens (tertiary/aromatic N) is 1. The Kier molecular flexibility index (Phi) is 6.02. The summed E-state index contributed by atoms with van der Waals surface area (Å²) in [5, 5.41) is 3.30. The fourth-order valence-electron chi connectivity index (χ4n) is 4.76. The molecule has 2 aromatic rings. The van der Waals surface area contributed by atoms with Crippen LogP contribution in [0.5, 0.6) is 17.2 Å². The number of fused-ring (bicyclic) bond motifs is 1. The minimum Gasteiger partial charge on any atom is -0.490 e. The maximum Gasteiger partial charge on any atom is 0.231 e. The van der Waals surface area contributed by atoms with Crippen LogP contribution in [0, 0.1) is 5.92 Å². The Bertz CT molecular complexity index is 868. The number of hydrogen-bond donors (Lipinski definition) is 1. The van der Waals surface area contributed by atoms with Crippen molar-refractivity contribution in [2.75, 3.05) is 19.9 Å². The SMILES string of the molecule is O=C(NC1CCC(Oc2ccc3c(c2)OCO3)CC1)C1CCN(Cc2ccco2)CC1. The molecule has 1 aliphatic carbocycles. The molecule has 0 bridgehead atoms. The number of ether oxygens (including phenoxy) is 3. The maximum absolute atomic E-state index is 12.8. The van der Waals surface area contributed by atoms with Crippen LogP contribution < -0.4 is 19.5 Å². The topological polar surface area (TPSA) is 73.2 Å². The Balaban J connectivity index is 1.03. The molecule has 0 radical (unpaired) electrons. The van der Waals surface area contributed by atoms with Gasteiger partial charge in [0.05, 0.1) is 18.9 Å². The lowest BCUT2D eigenvalue weighted by atomic mass is 9.91. The third-order valence-corrected chi connectivity index (χ3v) is 6.59. The highest BCUT2D eigenvalue weighted by Crippen LogP contribution is 2.36. The molecule has 1 saturated heterocycles. The molecule has 2 aliphatic heterocycles. The van der Waals surface area contributed by atoms with Crippen molar-refractivity contribution >= 4 is 5.91 Å². The number of nitrogens with one attached hydrogen (secondary N) is 1. The van der Waals surface area contributed by atoms with Crippen molar-refractivity contribution < 1.29 is 23.4 Å². The number of furan rings is 1. The molecule has 2 fully saturated rings. The lowest BCUT2D eigenvalue weighted by Gasteiger charge is -2.33. The summed E-state index contributed by atoms with van der Waals surface area (Å²) >= 11 is 0. The first kappa shape index (κ1) is 20.2. The molecular formula is C24H30N2O5. The summed E-state index contributed by atoms with van der Waals surface area (Å²) in [5.74, 6) is 3.66. The van der Waals surface area contributed by atoms with Crippen LogP contribution >= 0.6 is 0 Å². The molecule has 0 unspecified atom stereocenters. The molecule has 166 valence electrons. The van der Waals surface area contributed by atoms with Gasteiger partial charge in [0.25, 0.3) is 0 Å². The molecular weight excluding hydrogens is 396 g/mol. The van der Waals surface area contributed by atoms with Crippen LogP contribution in [0.3, 0.4) is 0 Å². The van der Waals surface area contributed by atoms with E-state index in [1.165, 1.54) is 0 Å². The minimum atomic E-state index is 0.121. The van der Waals surface area contributed by atoms with E-state index < -0.39 is 0 Å². The minimum absolute atomic E-state index is 0.121. The molecule has 7 nitrogen and oxygen atoms in total. The van der Waals surface area contributed by atoms with Crippen molar-refractivity contribution in [3.63, 3.8) is 0 Å². The highest BCUT2D eigenvalue weighted by molar-refractivity contribution is 5.79. The van der Waals surface area contributed by atoms with E-state index in [9.17, 15) is 4.79 Å². The Hall–Kier alpha value is -2.67. The van der Waals surface area contributed by atoms with Crippen LogP contribution in [-0.2, 0) is 11.3 Å². The van der Waals surface area contributed by atoms with Gasteiger partial charge in [-0.3, -0.25) is 9.69 Å². The van der Waals surface area contributed by atoms with E-state index in [2.05, 4.69) is 10.2 Å². The highest BCUT2D eigenvalue weighted by atomic mass is 16.7. The Labute approximate surface area is 182 Å². The lowest BCUT2D eigenvalue weighted by molar-refractivity contribution is -0.127. The number of carbonyl (C=O) groups is 1.